The lowest BCUT2D eigenvalue weighted by atomic mass is 10.0. The average Bonchev–Trinajstić information content (AvgIpc) is 2.51. The molecule has 1 amide bonds. The van der Waals surface area contributed by atoms with Gasteiger partial charge in [-0.25, -0.2) is 4.79 Å². The van der Waals surface area contributed by atoms with Crippen molar-refractivity contribution in [2.24, 2.45) is 5.73 Å². The fraction of sp³-hybridized carbons (Fsp3) is 0.588. The first-order chi connectivity index (χ1) is 11.2. The lowest BCUT2D eigenvalue weighted by Crippen LogP contribution is -2.51. The molecule has 1 heterocycles. The number of hydrogen-bond acceptors (Lipinski definition) is 4. The summed E-state index contributed by atoms with van der Waals surface area (Å²) in [7, 11) is 0. The normalized spacial score (nSPS) is 17.7. The van der Waals surface area contributed by atoms with Crippen LogP contribution in [0.3, 0.4) is 0 Å². The molecule has 1 aromatic rings. The highest BCUT2D eigenvalue weighted by atomic mass is 35.5. The molecule has 5 nitrogen and oxygen atoms in total. The molecule has 1 unspecified atom stereocenters. The van der Waals surface area contributed by atoms with Crippen LogP contribution in [-0.4, -0.2) is 54.2 Å². The fourth-order valence-electron chi connectivity index (χ4n) is 2.79. The Kier molecular flexibility index (Phi) is 6.37. The number of hydrogen-bond donors (Lipinski definition) is 1. The first kappa shape index (κ1) is 19.3. The summed E-state index contributed by atoms with van der Waals surface area (Å²) in [6, 6.07) is 5.58. The van der Waals surface area contributed by atoms with E-state index in [1.807, 2.05) is 32.9 Å². The minimum Gasteiger partial charge on any atom is -0.444 e. The van der Waals surface area contributed by atoms with E-state index in [1.54, 1.807) is 11.0 Å². The van der Waals surface area contributed by atoms with Gasteiger partial charge in [-0.1, -0.05) is 35.3 Å². The van der Waals surface area contributed by atoms with Crippen LogP contribution in [0.25, 0.3) is 0 Å². The van der Waals surface area contributed by atoms with Crippen LogP contribution in [0.1, 0.15) is 32.4 Å². The zero-order valence-electron chi connectivity index (χ0n) is 14.4. The number of benzene rings is 1. The van der Waals surface area contributed by atoms with Gasteiger partial charge in [0, 0.05) is 38.8 Å². The molecule has 1 atom stereocenters. The van der Waals surface area contributed by atoms with E-state index >= 15 is 0 Å². The van der Waals surface area contributed by atoms with E-state index < -0.39 is 5.60 Å². The van der Waals surface area contributed by atoms with Crippen LogP contribution < -0.4 is 5.73 Å². The summed E-state index contributed by atoms with van der Waals surface area (Å²) in [5.41, 5.74) is 6.43. The molecule has 0 bridgehead atoms. The molecular weight excluding hydrogens is 349 g/mol. The van der Waals surface area contributed by atoms with Crippen molar-refractivity contribution in [1.82, 2.24) is 9.80 Å². The second-order valence-electron chi connectivity index (χ2n) is 6.90. The van der Waals surface area contributed by atoms with Crippen molar-refractivity contribution in [3.05, 3.63) is 33.8 Å². The Morgan fingerprint density at radius 2 is 1.88 bits per heavy atom. The Labute approximate surface area is 153 Å². The molecule has 1 aliphatic heterocycles. The summed E-state index contributed by atoms with van der Waals surface area (Å²) in [4.78, 5) is 16.1. The highest BCUT2D eigenvalue weighted by molar-refractivity contribution is 6.42. The van der Waals surface area contributed by atoms with E-state index in [0.717, 1.165) is 5.56 Å². The number of rotatable bonds is 3. The fourth-order valence-corrected chi connectivity index (χ4v) is 3.23. The smallest absolute Gasteiger partial charge is 0.410 e. The summed E-state index contributed by atoms with van der Waals surface area (Å²) in [5.74, 6) is 0. The first-order valence-electron chi connectivity index (χ1n) is 8.09. The molecule has 134 valence electrons. The lowest BCUT2D eigenvalue weighted by molar-refractivity contribution is 0.0106. The summed E-state index contributed by atoms with van der Waals surface area (Å²) in [5, 5.41) is 1.07. The van der Waals surface area contributed by atoms with Crippen LogP contribution in [0.4, 0.5) is 4.79 Å². The quantitative estimate of drug-likeness (QED) is 0.879. The van der Waals surface area contributed by atoms with E-state index in [4.69, 9.17) is 33.7 Å². The van der Waals surface area contributed by atoms with E-state index in [-0.39, 0.29) is 12.1 Å². The van der Waals surface area contributed by atoms with Crippen LogP contribution in [0.2, 0.25) is 10.0 Å². The van der Waals surface area contributed by atoms with Crippen LogP contribution in [0, 0.1) is 0 Å². The van der Waals surface area contributed by atoms with E-state index in [0.29, 0.717) is 42.8 Å². The van der Waals surface area contributed by atoms with Gasteiger partial charge in [0.05, 0.1) is 10.0 Å². The van der Waals surface area contributed by atoms with Gasteiger partial charge in [-0.15, -0.1) is 0 Å². The third-order valence-corrected chi connectivity index (χ3v) is 4.80. The molecule has 0 aliphatic carbocycles. The van der Waals surface area contributed by atoms with Gasteiger partial charge in [0.1, 0.15) is 5.60 Å². The van der Waals surface area contributed by atoms with E-state index in [1.165, 1.54) is 0 Å². The predicted molar refractivity (Wildman–Crippen MR) is 97.6 cm³/mol. The summed E-state index contributed by atoms with van der Waals surface area (Å²) >= 11 is 12.5. The molecular formula is C17H25Cl2N3O2. The first-order valence-corrected chi connectivity index (χ1v) is 8.84. The van der Waals surface area contributed by atoms with Gasteiger partial charge in [0.25, 0.3) is 0 Å². The van der Waals surface area contributed by atoms with Gasteiger partial charge in [-0.05, 0) is 32.4 Å². The van der Waals surface area contributed by atoms with Gasteiger partial charge in [0.15, 0.2) is 0 Å². The standard InChI is InChI=1S/C17H25Cl2N3O2/c1-17(2,3)24-16(23)22-9-7-21(8-10-22)14(11-20)12-5-4-6-13(18)15(12)19/h4-6,14H,7-11,20H2,1-3H3. The minimum atomic E-state index is -0.484. The number of ether oxygens (including phenoxy) is 1. The number of nitrogens with two attached hydrogens (primary N) is 1. The van der Waals surface area contributed by atoms with Crippen LogP contribution in [-0.2, 0) is 4.74 Å². The molecule has 2 N–H and O–H groups in total. The minimum absolute atomic E-state index is 0.0167. The Morgan fingerprint density at radius 3 is 2.42 bits per heavy atom. The molecule has 0 aromatic heterocycles. The van der Waals surface area contributed by atoms with Gasteiger partial charge >= 0.3 is 6.09 Å². The van der Waals surface area contributed by atoms with Crippen molar-refractivity contribution < 1.29 is 9.53 Å². The monoisotopic (exact) mass is 373 g/mol. The van der Waals surface area contributed by atoms with Crippen LogP contribution in [0.15, 0.2) is 18.2 Å². The third kappa shape index (κ3) is 4.76. The Balaban J connectivity index is 2.02. The second-order valence-corrected chi connectivity index (χ2v) is 7.68. The summed E-state index contributed by atoms with van der Waals surface area (Å²) < 4.78 is 5.42. The SMILES string of the molecule is CC(C)(C)OC(=O)N1CCN(C(CN)c2cccc(Cl)c2Cl)CC1. The maximum Gasteiger partial charge on any atom is 0.410 e. The number of carbonyl (C=O) groups excluding carboxylic acids is 1. The molecule has 0 spiro atoms. The highest BCUT2D eigenvalue weighted by Gasteiger charge is 2.29. The van der Waals surface area contributed by atoms with Gasteiger partial charge in [-0.3, -0.25) is 4.90 Å². The van der Waals surface area contributed by atoms with Crippen molar-refractivity contribution in [3.63, 3.8) is 0 Å². The molecule has 0 radical (unpaired) electrons. The number of amides is 1. The number of nitrogens with zero attached hydrogens (tertiary/aromatic N) is 2. The summed E-state index contributed by atoms with van der Waals surface area (Å²) in [6.45, 7) is 8.67. The Hall–Kier alpha value is -1.01. The molecule has 1 aliphatic rings. The Morgan fingerprint density at radius 1 is 1.25 bits per heavy atom. The van der Waals surface area contributed by atoms with E-state index in [9.17, 15) is 4.79 Å². The van der Waals surface area contributed by atoms with E-state index in [2.05, 4.69) is 4.90 Å². The molecule has 1 fully saturated rings. The molecule has 7 heteroatoms. The number of piperazine rings is 1. The van der Waals surface area contributed by atoms with Gasteiger partial charge in [-0.2, -0.15) is 0 Å². The molecule has 24 heavy (non-hydrogen) atoms. The topological polar surface area (TPSA) is 58.8 Å². The second kappa shape index (κ2) is 7.91. The van der Waals surface area contributed by atoms with Crippen LogP contribution >= 0.6 is 23.2 Å². The lowest BCUT2D eigenvalue weighted by Gasteiger charge is -2.39. The predicted octanol–water partition coefficient (Wildman–Crippen LogP) is 3.55. The molecule has 2 rings (SSSR count). The van der Waals surface area contributed by atoms with Gasteiger partial charge < -0.3 is 15.4 Å². The van der Waals surface area contributed by atoms with Crippen molar-refractivity contribution in [1.29, 1.82) is 0 Å². The highest BCUT2D eigenvalue weighted by Crippen LogP contribution is 2.32. The number of halogens is 2. The zero-order valence-corrected chi connectivity index (χ0v) is 15.9. The Bertz CT molecular complexity index is 582. The maximum atomic E-state index is 12.2. The van der Waals surface area contributed by atoms with Crippen molar-refractivity contribution >= 4 is 29.3 Å². The maximum absolute atomic E-state index is 12.2. The van der Waals surface area contributed by atoms with Gasteiger partial charge in [0.2, 0.25) is 0 Å². The van der Waals surface area contributed by atoms with Crippen molar-refractivity contribution in [2.45, 2.75) is 32.4 Å². The summed E-state index contributed by atoms with van der Waals surface area (Å²) in [6.07, 6.45) is -0.271. The zero-order chi connectivity index (χ0) is 17.9. The van der Waals surface area contributed by atoms with Crippen LogP contribution in [0.5, 0.6) is 0 Å². The number of carbonyl (C=O) groups is 1. The third-order valence-electron chi connectivity index (χ3n) is 3.97. The molecule has 1 saturated heterocycles. The average molecular weight is 374 g/mol. The molecule has 0 saturated carbocycles. The molecule has 1 aromatic carbocycles. The van der Waals surface area contributed by atoms with Crippen molar-refractivity contribution in [3.8, 4) is 0 Å². The van der Waals surface area contributed by atoms with Crippen molar-refractivity contribution in [2.75, 3.05) is 32.7 Å². The largest absolute Gasteiger partial charge is 0.444 e.